The summed E-state index contributed by atoms with van der Waals surface area (Å²) in [4.78, 5) is 0. The standard InChI is InChI=1S/C17H22FN/c1-3-14-4-6-15(7-5-14)10-11-19-17-9-8-16(18)12-13(17)2/h4,6,8-9,12,19H,3,5,7,10-11H2,1-2H3. The first-order valence-electron chi connectivity index (χ1n) is 7.06. The van der Waals surface area contributed by atoms with Crippen molar-refractivity contribution in [3.63, 3.8) is 0 Å². The van der Waals surface area contributed by atoms with E-state index in [4.69, 9.17) is 0 Å². The second-order valence-electron chi connectivity index (χ2n) is 5.14. The quantitative estimate of drug-likeness (QED) is 0.785. The van der Waals surface area contributed by atoms with E-state index in [0.29, 0.717) is 0 Å². The third-order valence-corrected chi connectivity index (χ3v) is 3.73. The number of hydrogen-bond acceptors (Lipinski definition) is 1. The Labute approximate surface area is 115 Å². The largest absolute Gasteiger partial charge is 0.385 e. The van der Waals surface area contributed by atoms with Crippen molar-refractivity contribution in [1.29, 1.82) is 0 Å². The topological polar surface area (TPSA) is 12.0 Å². The molecule has 1 N–H and O–H groups in total. The van der Waals surface area contributed by atoms with Crippen molar-refractivity contribution in [2.24, 2.45) is 0 Å². The van der Waals surface area contributed by atoms with Crippen molar-refractivity contribution >= 4 is 5.69 Å². The van der Waals surface area contributed by atoms with Crippen LogP contribution in [-0.4, -0.2) is 6.54 Å². The number of anilines is 1. The molecule has 1 aliphatic rings. The molecule has 0 bridgehead atoms. The summed E-state index contributed by atoms with van der Waals surface area (Å²) in [6, 6.07) is 4.89. The summed E-state index contributed by atoms with van der Waals surface area (Å²) >= 11 is 0. The number of nitrogens with one attached hydrogen (secondary N) is 1. The van der Waals surface area contributed by atoms with Gasteiger partial charge in [-0.15, -0.1) is 0 Å². The lowest BCUT2D eigenvalue weighted by atomic mass is 9.95. The minimum Gasteiger partial charge on any atom is -0.385 e. The summed E-state index contributed by atoms with van der Waals surface area (Å²) in [5.41, 5.74) is 5.05. The molecular formula is C17H22FN. The van der Waals surface area contributed by atoms with Gasteiger partial charge in [-0.2, -0.15) is 0 Å². The van der Waals surface area contributed by atoms with E-state index in [-0.39, 0.29) is 5.82 Å². The van der Waals surface area contributed by atoms with Crippen LogP contribution in [0.1, 0.15) is 38.2 Å². The van der Waals surface area contributed by atoms with Gasteiger partial charge < -0.3 is 5.32 Å². The molecule has 1 aliphatic carbocycles. The summed E-state index contributed by atoms with van der Waals surface area (Å²) < 4.78 is 13.0. The number of benzene rings is 1. The molecule has 1 aromatic carbocycles. The van der Waals surface area contributed by atoms with Gasteiger partial charge in [0.1, 0.15) is 5.82 Å². The van der Waals surface area contributed by atoms with Gasteiger partial charge in [0.25, 0.3) is 0 Å². The van der Waals surface area contributed by atoms with E-state index in [1.165, 1.54) is 24.5 Å². The molecule has 1 nitrogen and oxygen atoms in total. The molecule has 102 valence electrons. The predicted molar refractivity (Wildman–Crippen MR) is 79.9 cm³/mol. The molecule has 0 spiro atoms. The van der Waals surface area contributed by atoms with Crippen LogP contribution in [0.3, 0.4) is 0 Å². The van der Waals surface area contributed by atoms with Crippen molar-refractivity contribution in [1.82, 2.24) is 0 Å². The Kier molecular flexibility index (Phi) is 4.78. The Morgan fingerprint density at radius 1 is 1.16 bits per heavy atom. The van der Waals surface area contributed by atoms with Gasteiger partial charge in [-0.25, -0.2) is 4.39 Å². The zero-order chi connectivity index (χ0) is 13.7. The monoisotopic (exact) mass is 259 g/mol. The van der Waals surface area contributed by atoms with Gasteiger partial charge in [0.05, 0.1) is 0 Å². The number of hydrogen-bond donors (Lipinski definition) is 1. The molecule has 0 fully saturated rings. The first-order chi connectivity index (χ1) is 9.19. The van der Waals surface area contributed by atoms with Gasteiger partial charge in [-0.05, 0) is 56.4 Å². The van der Waals surface area contributed by atoms with Crippen molar-refractivity contribution in [3.8, 4) is 0 Å². The summed E-state index contributed by atoms with van der Waals surface area (Å²) in [5.74, 6) is -0.171. The highest BCUT2D eigenvalue weighted by molar-refractivity contribution is 5.50. The molecule has 2 rings (SSSR count). The molecule has 0 atom stereocenters. The van der Waals surface area contributed by atoms with Crippen molar-refractivity contribution in [2.45, 2.75) is 39.5 Å². The Morgan fingerprint density at radius 3 is 2.53 bits per heavy atom. The second kappa shape index (κ2) is 6.55. The van der Waals surface area contributed by atoms with Gasteiger partial charge >= 0.3 is 0 Å². The lowest BCUT2D eigenvalue weighted by Gasteiger charge is -2.15. The zero-order valence-corrected chi connectivity index (χ0v) is 11.8. The van der Waals surface area contributed by atoms with Crippen LogP contribution in [0.15, 0.2) is 41.5 Å². The lowest BCUT2D eigenvalue weighted by molar-refractivity contribution is 0.627. The predicted octanol–water partition coefficient (Wildman–Crippen LogP) is 4.99. The smallest absolute Gasteiger partial charge is 0.123 e. The third-order valence-electron chi connectivity index (χ3n) is 3.73. The van der Waals surface area contributed by atoms with Crippen molar-refractivity contribution in [3.05, 3.63) is 52.9 Å². The molecule has 0 saturated carbocycles. The first-order valence-corrected chi connectivity index (χ1v) is 7.06. The summed E-state index contributed by atoms with van der Waals surface area (Å²) in [5, 5.41) is 3.38. The molecule has 19 heavy (non-hydrogen) atoms. The van der Waals surface area contributed by atoms with E-state index in [1.54, 1.807) is 11.6 Å². The second-order valence-corrected chi connectivity index (χ2v) is 5.14. The van der Waals surface area contributed by atoms with E-state index >= 15 is 0 Å². The maximum absolute atomic E-state index is 13.0. The average molecular weight is 259 g/mol. The molecule has 1 aromatic rings. The fourth-order valence-electron chi connectivity index (χ4n) is 2.41. The minimum absolute atomic E-state index is 0.171. The molecule has 0 amide bonds. The third kappa shape index (κ3) is 3.95. The molecule has 0 aromatic heterocycles. The highest BCUT2D eigenvalue weighted by Gasteiger charge is 2.05. The van der Waals surface area contributed by atoms with Crippen LogP contribution in [0.4, 0.5) is 10.1 Å². The van der Waals surface area contributed by atoms with Gasteiger partial charge in [0, 0.05) is 12.2 Å². The highest BCUT2D eigenvalue weighted by atomic mass is 19.1. The Bertz CT molecular complexity index is 500. The molecule has 0 heterocycles. The fraction of sp³-hybridized carbons (Fsp3) is 0.412. The maximum Gasteiger partial charge on any atom is 0.123 e. The number of aryl methyl sites for hydroxylation is 1. The van der Waals surface area contributed by atoms with Crippen molar-refractivity contribution in [2.75, 3.05) is 11.9 Å². The molecule has 0 unspecified atom stereocenters. The highest BCUT2D eigenvalue weighted by Crippen LogP contribution is 2.23. The Morgan fingerprint density at radius 2 is 1.89 bits per heavy atom. The van der Waals surface area contributed by atoms with Crippen LogP contribution in [0, 0.1) is 12.7 Å². The van der Waals surface area contributed by atoms with E-state index in [1.807, 2.05) is 13.0 Å². The van der Waals surface area contributed by atoms with Gasteiger partial charge in [0.2, 0.25) is 0 Å². The average Bonchev–Trinajstić information content (AvgIpc) is 2.42. The Balaban J connectivity index is 1.84. The van der Waals surface area contributed by atoms with Gasteiger partial charge in [-0.1, -0.05) is 30.2 Å². The molecule has 2 heteroatoms. The summed E-state index contributed by atoms with van der Waals surface area (Å²) in [6.07, 6.45) is 9.15. The number of halogens is 1. The van der Waals surface area contributed by atoms with E-state index in [2.05, 4.69) is 24.4 Å². The van der Waals surface area contributed by atoms with Crippen LogP contribution in [-0.2, 0) is 0 Å². The Hall–Kier alpha value is -1.57. The SMILES string of the molecule is CCC1=CC=C(CCNc2ccc(F)cc2C)CC1. The fourth-order valence-corrected chi connectivity index (χ4v) is 2.41. The van der Waals surface area contributed by atoms with E-state index in [0.717, 1.165) is 30.6 Å². The van der Waals surface area contributed by atoms with Gasteiger partial charge in [-0.3, -0.25) is 0 Å². The van der Waals surface area contributed by atoms with Crippen LogP contribution in [0.2, 0.25) is 0 Å². The first kappa shape index (κ1) is 13.9. The van der Waals surface area contributed by atoms with Crippen LogP contribution >= 0.6 is 0 Å². The lowest BCUT2D eigenvalue weighted by Crippen LogP contribution is -2.05. The normalized spacial score (nSPS) is 14.9. The number of allylic oxidation sites excluding steroid dienone is 3. The van der Waals surface area contributed by atoms with Crippen LogP contribution < -0.4 is 5.32 Å². The van der Waals surface area contributed by atoms with Crippen LogP contribution in [0.5, 0.6) is 0 Å². The molecular weight excluding hydrogens is 237 g/mol. The molecule has 0 radical (unpaired) electrons. The molecule has 0 saturated heterocycles. The summed E-state index contributed by atoms with van der Waals surface area (Å²) in [6.45, 7) is 5.05. The van der Waals surface area contributed by atoms with E-state index in [9.17, 15) is 4.39 Å². The zero-order valence-electron chi connectivity index (χ0n) is 11.8. The van der Waals surface area contributed by atoms with E-state index < -0.39 is 0 Å². The molecule has 0 aliphatic heterocycles. The number of rotatable bonds is 5. The van der Waals surface area contributed by atoms with Crippen molar-refractivity contribution < 1.29 is 4.39 Å². The minimum atomic E-state index is -0.171. The van der Waals surface area contributed by atoms with Gasteiger partial charge in [0.15, 0.2) is 0 Å². The maximum atomic E-state index is 13.0. The summed E-state index contributed by atoms with van der Waals surface area (Å²) in [7, 11) is 0. The van der Waals surface area contributed by atoms with Crippen LogP contribution in [0.25, 0.3) is 0 Å².